The molecule has 0 bridgehead atoms. The number of piperidine rings is 1. The average Bonchev–Trinajstić information content (AvgIpc) is 3.26. The van der Waals surface area contributed by atoms with Gasteiger partial charge in [0.2, 0.25) is 11.7 Å². The summed E-state index contributed by atoms with van der Waals surface area (Å²) in [5, 5.41) is 16.7. The number of anilines is 1. The maximum Gasteiger partial charge on any atom is 0.451 e. The van der Waals surface area contributed by atoms with Crippen LogP contribution in [-0.4, -0.2) is 50.2 Å². The van der Waals surface area contributed by atoms with Crippen LogP contribution in [0.15, 0.2) is 18.3 Å². The van der Waals surface area contributed by atoms with Gasteiger partial charge >= 0.3 is 6.18 Å². The Balaban J connectivity index is 1.36. The molecule has 0 aliphatic carbocycles. The maximum absolute atomic E-state index is 14.3. The molecule has 2 aliphatic heterocycles. The van der Waals surface area contributed by atoms with Crippen molar-refractivity contribution in [3.05, 3.63) is 47.2 Å². The van der Waals surface area contributed by atoms with Crippen molar-refractivity contribution in [1.29, 1.82) is 5.26 Å². The van der Waals surface area contributed by atoms with Crippen LogP contribution in [-0.2, 0) is 24.1 Å². The van der Waals surface area contributed by atoms with E-state index in [1.807, 2.05) is 17.9 Å². The Labute approximate surface area is 201 Å². The van der Waals surface area contributed by atoms with Crippen molar-refractivity contribution in [3.8, 4) is 6.07 Å². The Morgan fingerprint density at radius 2 is 1.94 bits per heavy atom. The lowest BCUT2D eigenvalue weighted by Crippen LogP contribution is -2.49. The van der Waals surface area contributed by atoms with E-state index in [2.05, 4.69) is 15.2 Å². The number of nitriles is 1. The first-order chi connectivity index (χ1) is 17.1. The fraction of sp³-hybridized carbons (Fsp3) is 0.435. The van der Waals surface area contributed by atoms with Crippen LogP contribution in [0.4, 0.5) is 27.6 Å². The number of carbonyl (C=O) groups is 1. The molecule has 1 aromatic carbocycles. The van der Waals surface area contributed by atoms with Crippen molar-refractivity contribution in [2.24, 2.45) is 11.8 Å². The number of benzene rings is 1. The van der Waals surface area contributed by atoms with E-state index in [-0.39, 0.29) is 53.8 Å². The van der Waals surface area contributed by atoms with E-state index in [4.69, 9.17) is 0 Å². The van der Waals surface area contributed by atoms with Gasteiger partial charge < -0.3 is 14.4 Å². The summed E-state index contributed by atoms with van der Waals surface area (Å²) in [4.78, 5) is 20.6. The fourth-order valence-corrected chi connectivity index (χ4v) is 5.14. The van der Waals surface area contributed by atoms with Crippen LogP contribution in [0.1, 0.15) is 30.6 Å². The molecule has 13 heteroatoms. The molecule has 3 aromatic rings. The molecule has 1 saturated heterocycles. The number of fused-ring (bicyclic) bond motifs is 2. The Bertz CT molecular complexity index is 1400. The summed E-state index contributed by atoms with van der Waals surface area (Å²) in [5.41, 5.74) is 0.483. The monoisotopic (exact) mass is 505 g/mol. The zero-order chi connectivity index (χ0) is 25.8. The summed E-state index contributed by atoms with van der Waals surface area (Å²) >= 11 is 0. The van der Waals surface area contributed by atoms with Crippen LogP contribution < -0.4 is 4.90 Å². The Morgan fingerprint density at radius 1 is 1.17 bits per heavy atom. The number of halogens is 5. The number of pyridine rings is 1. The summed E-state index contributed by atoms with van der Waals surface area (Å²) in [6.07, 6.45) is -2.98. The van der Waals surface area contributed by atoms with Crippen molar-refractivity contribution < 1.29 is 26.7 Å². The minimum absolute atomic E-state index is 0.0492. The highest BCUT2D eigenvalue weighted by molar-refractivity contribution is 5.95. The van der Waals surface area contributed by atoms with Crippen LogP contribution in [0.2, 0.25) is 0 Å². The molecule has 2 aliphatic rings. The first-order valence-corrected chi connectivity index (χ1v) is 11.3. The second-order valence-corrected chi connectivity index (χ2v) is 9.08. The number of amides is 1. The van der Waals surface area contributed by atoms with Gasteiger partial charge in [0.1, 0.15) is 17.4 Å². The molecule has 2 atom stereocenters. The molecule has 0 spiro atoms. The van der Waals surface area contributed by atoms with E-state index in [0.29, 0.717) is 25.2 Å². The molecule has 4 heterocycles. The van der Waals surface area contributed by atoms with Gasteiger partial charge in [-0.2, -0.15) is 18.4 Å². The lowest BCUT2D eigenvalue weighted by Gasteiger charge is -2.40. The Morgan fingerprint density at radius 3 is 2.64 bits per heavy atom. The van der Waals surface area contributed by atoms with Crippen molar-refractivity contribution in [3.63, 3.8) is 0 Å². The number of hydrogen-bond donors (Lipinski definition) is 0. The van der Waals surface area contributed by atoms with Crippen LogP contribution in [0.3, 0.4) is 0 Å². The summed E-state index contributed by atoms with van der Waals surface area (Å²) < 4.78 is 68.6. The number of rotatable bonds is 2. The predicted octanol–water partition coefficient (Wildman–Crippen LogP) is 3.50. The third-order valence-electron chi connectivity index (χ3n) is 6.84. The van der Waals surface area contributed by atoms with Gasteiger partial charge in [0, 0.05) is 49.7 Å². The number of nitrogens with zero attached hydrogens (tertiary/aromatic N) is 7. The quantitative estimate of drug-likeness (QED) is 0.496. The van der Waals surface area contributed by atoms with E-state index in [9.17, 15) is 32.0 Å². The van der Waals surface area contributed by atoms with Crippen molar-refractivity contribution in [2.75, 3.05) is 24.5 Å². The van der Waals surface area contributed by atoms with Crippen LogP contribution in [0, 0.1) is 34.8 Å². The van der Waals surface area contributed by atoms with Gasteiger partial charge in [0.05, 0.1) is 17.8 Å². The highest BCUT2D eigenvalue weighted by atomic mass is 19.4. The van der Waals surface area contributed by atoms with Gasteiger partial charge in [-0.25, -0.2) is 8.78 Å². The van der Waals surface area contributed by atoms with E-state index in [1.165, 1.54) is 11.1 Å². The van der Waals surface area contributed by atoms with Crippen LogP contribution in [0.25, 0.3) is 10.9 Å². The summed E-state index contributed by atoms with van der Waals surface area (Å²) in [6, 6.07) is 3.90. The van der Waals surface area contributed by atoms with E-state index >= 15 is 0 Å². The Hall–Kier alpha value is -3.82. The molecular weight excluding hydrogens is 485 g/mol. The van der Waals surface area contributed by atoms with Crippen molar-refractivity contribution in [2.45, 2.75) is 32.6 Å². The SMILES string of the molecule is C[C@@H]1CN(c2c(C#N)cnc3c(F)cc(F)cc23)CC[C@@H]1C(=O)N1CCn2c(nnc2C(F)(F)F)C1. The Kier molecular flexibility index (Phi) is 5.77. The van der Waals surface area contributed by atoms with Gasteiger partial charge in [-0.1, -0.05) is 6.92 Å². The molecule has 188 valence electrons. The molecule has 1 fully saturated rings. The predicted molar refractivity (Wildman–Crippen MR) is 116 cm³/mol. The lowest BCUT2D eigenvalue weighted by atomic mass is 9.85. The molecule has 0 saturated carbocycles. The first kappa shape index (κ1) is 23.9. The standard InChI is InChI=1S/C23H20F5N7O/c1-12-10-33(20-13(8-29)9-30-19-16(20)6-14(24)7-17(19)25)3-2-15(12)21(36)34-4-5-35-18(11-34)31-32-22(35)23(26,27)28/h6-7,9,12,15H,2-5,10-11H2,1H3/t12-,15+/m1/s1. The van der Waals surface area contributed by atoms with Gasteiger partial charge in [-0.15, -0.1) is 10.2 Å². The smallest absolute Gasteiger partial charge is 0.370 e. The van der Waals surface area contributed by atoms with E-state index < -0.39 is 29.6 Å². The topological polar surface area (TPSA) is 90.9 Å². The molecule has 36 heavy (non-hydrogen) atoms. The number of carbonyl (C=O) groups excluding carboxylic acids is 1. The van der Waals surface area contributed by atoms with Crippen LogP contribution in [0.5, 0.6) is 0 Å². The number of alkyl halides is 3. The second-order valence-electron chi connectivity index (χ2n) is 9.08. The lowest BCUT2D eigenvalue weighted by molar-refractivity contribution is -0.148. The minimum atomic E-state index is -4.62. The molecule has 0 radical (unpaired) electrons. The molecule has 0 N–H and O–H groups in total. The number of aromatic nitrogens is 4. The van der Waals surface area contributed by atoms with E-state index in [1.54, 1.807) is 0 Å². The van der Waals surface area contributed by atoms with Crippen LogP contribution >= 0.6 is 0 Å². The summed E-state index contributed by atoms with van der Waals surface area (Å²) in [5.74, 6) is -3.42. The van der Waals surface area contributed by atoms with Gasteiger partial charge in [-0.3, -0.25) is 9.78 Å². The highest BCUT2D eigenvalue weighted by Gasteiger charge is 2.41. The van der Waals surface area contributed by atoms with Gasteiger partial charge in [-0.05, 0) is 18.4 Å². The summed E-state index contributed by atoms with van der Waals surface area (Å²) in [7, 11) is 0. The molecule has 8 nitrogen and oxygen atoms in total. The van der Waals surface area contributed by atoms with Gasteiger partial charge in [0.15, 0.2) is 11.6 Å². The van der Waals surface area contributed by atoms with E-state index in [0.717, 1.165) is 16.7 Å². The minimum Gasteiger partial charge on any atom is -0.370 e. The molecule has 5 rings (SSSR count). The highest BCUT2D eigenvalue weighted by Crippen LogP contribution is 2.36. The fourth-order valence-electron chi connectivity index (χ4n) is 5.14. The molecule has 0 unspecified atom stereocenters. The second kappa shape index (κ2) is 8.69. The maximum atomic E-state index is 14.3. The number of hydrogen-bond acceptors (Lipinski definition) is 6. The third-order valence-corrected chi connectivity index (χ3v) is 6.84. The molecule has 2 aromatic heterocycles. The zero-order valence-electron chi connectivity index (χ0n) is 19.1. The average molecular weight is 505 g/mol. The van der Waals surface area contributed by atoms with Gasteiger partial charge in [0.25, 0.3) is 0 Å². The van der Waals surface area contributed by atoms with Crippen molar-refractivity contribution in [1.82, 2.24) is 24.6 Å². The summed E-state index contributed by atoms with van der Waals surface area (Å²) in [6.45, 7) is 2.52. The molecular formula is C23H20F5N7O. The normalized spacial score (nSPS) is 20.4. The zero-order valence-corrected chi connectivity index (χ0v) is 19.1. The first-order valence-electron chi connectivity index (χ1n) is 11.3. The molecule has 1 amide bonds. The largest absolute Gasteiger partial charge is 0.451 e. The van der Waals surface area contributed by atoms with Crippen molar-refractivity contribution >= 4 is 22.5 Å². The third kappa shape index (κ3) is 4.00.